The van der Waals surface area contributed by atoms with Gasteiger partial charge in [-0.05, 0) is 58.3 Å². The van der Waals surface area contributed by atoms with Crippen LogP contribution in [0.3, 0.4) is 0 Å². The summed E-state index contributed by atoms with van der Waals surface area (Å²) in [6, 6.07) is 0.161. The van der Waals surface area contributed by atoms with Gasteiger partial charge in [0, 0.05) is 32.2 Å². The van der Waals surface area contributed by atoms with E-state index in [-0.39, 0.29) is 11.9 Å². The maximum atomic E-state index is 12.6. The molecular formula is C18H34N4O3S. The molecule has 0 saturated carbocycles. The Labute approximate surface area is 158 Å². The van der Waals surface area contributed by atoms with E-state index in [2.05, 4.69) is 15.1 Å². The SMILES string of the molecule is CNCCC1CCN(CC(=O)N2CCN(C3CCS(=O)(=O)C3)CC2)CC1. The highest BCUT2D eigenvalue weighted by Gasteiger charge is 2.34. The molecule has 0 bridgehead atoms. The highest BCUT2D eigenvalue weighted by atomic mass is 32.2. The first kappa shape index (κ1) is 20.0. The highest BCUT2D eigenvalue weighted by Crippen LogP contribution is 2.21. The second-order valence-electron chi connectivity index (χ2n) is 8.09. The van der Waals surface area contributed by atoms with E-state index >= 15 is 0 Å². The van der Waals surface area contributed by atoms with E-state index in [0.29, 0.717) is 18.1 Å². The molecule has 3 saturated heterocycles. The van der Waals surface area contributed by atoms with E-state index in [1.807, 2.05) is 11.9 Å². The van der Waals surface area contributed by atoms with Crippen molar-refractivity contribution in [3.05, 3.63) is 0 Å². The van der Waals surface area contributed by atoms with Crippen molar-refractivity contribution in [3.63, 3.8) is 0 Å². The van der Waals surface area contributed by atoms with Crippen LogP contribution in [-0.4, -0.2) is 106 Å². The van der Waals surface area contributed by atoms with Crippen molar-refractivity contribution >= 4 is 15.7 Å². The number of carbonyl (C=O) groups is 1. The lowest BCUT2D eigenvalue weighted by molar-refractivity contribution is -0.134. The molecule has 150 valence electrons. The number of nitrogens with zero attached hydrogens (tertiary/aromatic N) is 3. The summed E-state index contributed by atoms with van der Waals surface area (Å²) in [6.07, 6.45) is 4.37. The Kier molecular flexibility index (Phi) is 6.93. The summed E-state index contributed by atoms with van der Waals surface area (Å²) in [4.78, 5) is 19.1. The molecule has 3 aliphatic rings. The number of piperidine rings is 1. The van der Waals surface area contributed by atoms with Crippen molar-refractivity contribution in [1.29, 1.82) is 0 Å². The summed E-state index contributed by atoms with van der Waals surface area (Å²) < 4.78 is 23.3. The number of nitrogens with one attached hydrogen (secondary N) is 1. The van der Waals surface area contributed by atoms with Crippen LogP contribution in [0.25, 0.3) is 0 Å². The lowest BCUT2D eigenvalue weighted by Gasteiger charge is -2.39. The quantitative estimate of drug-likeness (QED) is 0.672. The minimum absolute atomic E-state index is 0.161. The minimum Gasteiger partial charge on any atom is -0.339 e. The van der Waals surface area contributed by atoms with E-state index in [1.165, 1.54) is 19.3 Å². The lowest BCUT2D eigenvalue weighted by atomic mass is 9.93. The van der Waals surface area contributed by atoms with Gasteiger partial charge < -0.3 is 10.2 Å². The maximum Gasteiger partial charge on any atom is 0.236 e. The average molecular weight is 387 g/mol. The number of sulfone groups is 1. The predicted molar refractivity (Wildman–Crippen MR) is 103 cm³/mol. The molecule has 3 fully saturated rings. The molecule has 0 aromatic heterocycles. The molecule has 8 heteroatoms. The molecular weight excluding hydrogens is 352 g/mol. The fourth-order valence-corrected chi connectivity index (χ4v) is 6.23. The van der Waals surface area contributed by atoms with Gasteiger partial charge in [0.2, 0.25) is 5.91 Å². The molecule has 3 aliphatic heterocycles. The number of likely N-dealkylation sites (tertiary alicyclic amines) is 1. The van der Waals surface area contributed by atoms with Crippen molar-refractivity contribution in [2.45, 2.75) is 31.7 Å². The standard InChI is InChI=1S/C18H34N4O3S/c1-19-6-2-16-3-7-20(8-4-16)14-18(23)22-11-9-21(10-12-22)17-5-13-26(24,25)15-17/h16-17,19H,2-15H2,1H3. The molecule has 1 amide bonds. The van der Waals surface area contributed by atoms with Crippen LogP contribution in [0.15, 0.2) is 0 Å². The van der Waals surface area contributed by atoms with Crippen molar-refractivity contribution in [3.8, 4) is 0 Å². The third kappa shape index (κ3) is 5.41. The Morgan fingerprint density at radius 1 is 1.04 bits per heavy atom. The van der Waals surface area contributed by atoms with Crippen LogP contribution in [0.1, 0.15) is 25.7 Å². The summed E-state index contributed by atoms with van der Waals surface area (Å²) in [5.41, 5.74) is 0. The van der Waals surface area contributed by atoms with E-state index < -0.39 is 9.84 Å². The smallest absolute Gasteiger partial charge is 0.236 e. The molecule has 0 aromatic carbocycles. The second-order valence-corrected chi connectivity index (χ2v) is 10.3. The van der Waals surface area contributed by atoms with Crippen molar-refractivity contribution in [2.24, 2.45) is 5.92 Å². The van der Waals surface area contributed by atoms with Gasteiger partial charge in [0.05, 0.1) is 18.1 Å². The van der Waals surface area contributed by atoms with Crippen LogP contribution in [0.2, 0.25) is 0 Å². The van der Waals surface area contributed by atoms with Gasteiger partial charge in [0.15, 0.2) is 9.84 Å². The van der Waals surface area contributed by atoms with E-state index in [4.69, 9.17) is 0 Å². The Balaban J connectivity index is 1.36. The molecule has 0 spiro atoms. The van der Waals surface area contributed by atoms with Gasteiger partial charge in [-0.3, -0.25) is 14.6 Å². The Morgan fingerprint density at radius 3 is 2.31 bits per heavy atom. The molecule has 7 nitrogen and oxygen atoms in total. The third-order valence-corrected chi connectivity index (χ3v) is 8.01. The summed E-state index contributed by atoms with van der Waals surface area (Å²) in [5, 5.41) is 3.22. The number of rotatable bonds is 6. The van der Waals surface area contributed by atoms with Gasteiger partial charge >= 0.3 is 0 Å². The monoisotopic (exact) mass is 386 g/mol. The number of hydrogen-bond donors (Lipinski definition) is 1. The molecule has 3 heterocycles. The highest BCUT2D eigenvalue weighted by molar-refractivity contribution is 7.91. The predicted octanol–water partition coefficient (Wildman–Crippen LogP) is -0.361. The summed E-state index contributed by atoms with van der Waals surface area (Å²) in [7, 11) is -0.838. The van der Waals surface area contributed by atoms with Gasteiger partial charge in [-0.15, -0.1) is 0 Å². The van der Waals surface area contributed by atoms with Gasteiger partial charge in [0.1, 0.15) is 0 Å². The number of amides is 1. The van der Waals surface area contributed by atoms with E-state index in [0.717, 1.165) is 58.2 Å². The first-order chi connectivity index (χ1) is 12.5. The number of piperazine rings is 1. The van der Waals surface area contributed by atoms with Gasteiger partial charge in [-0.25, -0.2) is 8.42 Å². The molecule has 1 N–H and O–H groups in total. The lowest BCUT2D eigenvalue weighted by Crippen LogP contribution is -2.54. The summed E-state index contributed by atoms with van der Waals surface area (Å²) in [5.74, 6) is 1.64. The zero-order valence-electron chi connectivity index (χ0n) is 16.0. The zero-order chi connectivity index (χ0) is 18.6. The normalized spacial score (nSPS) is 28.5. The average Bonchev–Trinajstić information content (AvgIpc) is 3.01. The largest absolute Gasteiger partial charge is 0.339 e. The molecule has 1 unspecified atom stereocenters. The van der Waals surface area contributed by atoms with Crippen LogP contribution >= 0.6 is 0 Å². The van der Waals surface area contributed by atoms with Crippen LogP contribution in [0.4, 0.5) is 0 Å². The number of hydrogen-bond acceptors (Lipinski definition) is 6. The van der Waals surface area contributed by atoms with Crippen LogP contribution < -0.4 is 5.32 Å². The Bertz CT molecular complexity index is 567. The van der Waals surface area contributed by atoms with E-state index in [1.54, 1.807) is 0 Å². The van der Waals surface area contributed by atoms with Crippen LogP contribution in [0, 0.1) is 5.92 Å². The van der Waals surface area contributed by atoms with Gasteiger partial charge in [-0.2, -0.15) is 0 Å². The van der Waals surface area contributed by atoms with Crippen molar-refractivity contribution in [1.82, 2.24) is 20.0 Å². The van der Waals surface area contributed by atoms with Crippen LogP contribution in [-0.2, 0) is 14.6 Å². The maximum absolute atomic E-state index is 12.6. The Morgan fingerprint density at radius 2 is 1.73 bits per heavy atom. The van der Waals surface area contributed by atoms with Gasteiger partial charge in [-0.1, -0.05) is 0 Å². The van der Waals surface area contributed by atoms with Gasteiger partial charge in [0.25, 0.3) is 0 Å². The first-order valence-corrected chi connectivity index (χ1v) is 11.9. The van der Waals surface area contributed by atoms with Crippen molar-refractivity contribution in [2.75, 3.05) is 70.9 Å². The fraction of sp³-hybridized carbons (Fsp3) is 0.944. The van der Waals surface area contributed by atoms with E-state index in [9.17, 15) is 13.2 Å². The molecule has 3 rings (SSSR count). The third-order valence-electron chi connectivity index (χ3n) is 6.26. The molecule has 1 atom stereocenters. The molecule has 0 radical (unpaired) electrons. The fourth-order valence-electron chi connectivity index (χ4n) is 4.47. The second kappa shape index (κ2) is 8.99. The zero-order valence-corrected chi connectivity index (χ0v) is 16.8. The number of carbonyl (C=O) groups excluding carboxylic acids is 1. The topological polar surface area (TPSA) is 73.0 Å². The van der Waals surface area contributed by atoms with Crippen LogP contribution in [0.5, 0.6) is 0 Å². The molecule has 0 aliphatic carbocycles. The molecule has 0 aromatic rings. The summed E-state index contributed by atoms with van der Waals surface area (Å²) >= 11 is 0. The van der Waals surface area contributed by atoms with Crippen molar-refractivity contribution < 1.29 is 13.2 Å². The molecule has 26 heavy (non-hydrogen) atoms. The minimum atomic E-state index is -2.84. The first-order valence-electron chi connectivity index (χ1n) is 10.1. The summed E-state index contributed by atoms with van der Waals surface area (Å²) in [6.45, 7) is 6.74. The Hall–Kier alpha value is -0.700.